The molecule has 2 aromatic rings. The molecule has 1 saturated carbocycles. The summed E-state index contributed by atoms with van der Waals surface area (Å²) in [6.45, 7) is 0. The lowest BCUT2D eigenvalue weighted by Crippen LogP contribution is -2.18. The summed E-state index contributed by atoms with van der Waals surface area (Å²) in [5.41, 5.74) is 5.61. The van der Waals surface area contributed by atoms with Gasteiger partial charge in [-0.2, -0.15) is 4.98 Å². The van der Waals surface area contributed by atoms with E-state index in [0.29, 0.717) is 11.7 Å². The van der Waals surface area contributed by atoms with Gasteiger partial charge in [0.25, 0.3) is 0 Å². The van der Waals surface area contributed by atoms with Gasteiger partial charge in [0.15, 0.2) is 0 Å². The van der Waals surface area contributed by atoms with Crippen LogP contribution in [0.3, 0.4) is 0 Å². The Morgan fingerprint density at radius 2 is 2.27 bits per heavy atom. The van der Waals surface area contributed by atoms with Crippen molar-refractivity contribution in [2.24, 2.45) is 5.73 Å². The predicted octanol–water partition coefficient (Wildman–Crippen LogP) is 2.17. The molecule has 2 aromatic heterocycles. The third kappa shape index (κ3) is 1.78. The fraction of sp³-hybridized carbons (Fsp3) is 0.333. The van der Waals surface area contributed by atoms with Crippen LogP contribution < -0.4 is 5.73 Å². The van der Waals surface area contributed by atoms with E-state index in [1.165, 1.54) is 0 Å². The van der Waals surface area contributed by atoms with Crippen molar-refractivity contribution in [3.8, 4) is 10.7 Å². The summed E-state index contributed by atoms with van der Waals surface area (Å²) in [5.74, 6) is 1.22. The van der Waals surface area contributed by atoms with Crippen molar-refractivity contribution in [1.29, 1.82) is 0 Å². The van der Waals surface area contributed by atoms with E-state index in [0.717, 1.165) is 17.7 Å². The third-order valence-electron chi connectivity index (χ3n) is 2.38. The molecule has 1 fully saturated rings. The summed E-state index contributed by atoms with van der Waals surface area (Å²) in [6, 6.07) is 3.93. The van der Waals surface area contributed by atoms with Gasteiger partial charge in [0.05, 0.1) is 10.4 Å². The molecule has 0 unspecified atom stereocenters. The van der Waals surface area contributed by atoms with E-state index in [1.54, 1.807) is 11.3 Å². The summed E-state index contributed by atoms with van der Waals surface area (Å²) in [4.78, 5) is 5.31. The Balaban J connectivity index is 0.000000853. The molecule has 6 heteroatoms. The highest BCUT2D eigenvalue weighted by Crippen LogP contribution is 2.42. The van der Waals surface area contributed by atoms with Crippen LogP contribution in [0.5, 0.6) is 0 Å². The zero-order chi connectivity index (χ0) is 9.60. The Labute approximate surface area is 96.9 Å². The first kappa shape index (κ1) is 10.6. The van der Waals surface area contributed by atoms with Gasteiger partial charge in [-0.15, -0.1) is 23.7 Å². The van der Waals surface area contributed by atoms with E-state index in [2.05, 4.69) is 10.1 Å². The molecule has 2 N–H and O–H groups in total. The predicted molar refractivity (Wildman–Crippen MR) is 60.0 cm³/mol. The maximum atomic E-state index is 5.94. The Hall–Kier alpha value is -0.910. The summed E-state index contributed by atoms with van der Waals surface area (Å²) >= 11 is 1.59. The molecule has 0 spiro atoms. The zero-order valence-electron chi connectivity index (χ0n) is 7.84. The number of thiophene rings is 1. The number of nitrogens with zero attached hydrogens (tertiary/aromatic N) is 2. The summed E-state index contributed by atoms with van der Waals surface area (Å²) in [6.07, 6.45) is 1.89. The molecule has 0 aliphatic heterocycles. The quantitative estimate of drug-likeness (QED) is 0.878. The molecular weight excluding hydrogens is 234 g/mol. The number of hydrogen-bond acceptors (Lipinski definition) is 5. The average Bonchev–Trinajstić information content (AvgIpc) is 2.73. The van der Waals surface area contributed by atoms with Crippen LogP contribution in [0.25, 0.3) is 10.7 Å². The van der Waals surface area contributed by atoms with Crippen molar-refractivity contribution in [2.45, 2.75) is 18.4 Å². The van der Waals surface area contributed by atoms with E-state index >= 15 is 0 Å². The van der Waals surface area contributed by atoms with Crippen LogP contribution in [-0.2, 0) is 5.54 Å². The lowest BCUT2D eigenvalue weighted by molar-refractivity contribution is 0.348. The number of halogens is 1. The first-order valence-corrected chi connectivity index (χ1v) is 5.33. The minimum atomic E-state index is -0.331. The molecule has 4 nitrogen and oxygen atoms in total. The van der Waals surface area contributed by atoms with Gasteiger partial charge in [0, 0.05) is 0 Å². The molecule has 15 heavy (non-hydrogen) atoms. The van der Waals surface area contributed by atoms with E-state index in [4.69, 9.17) is 10.3 Å². The van der Waals surface area contributed by atoms with Gasteiger partial charge in [0.1, 0.15) is 0 Å². The third-order valence-corrected chi connectivity index (χ3v) is 3.25. The van der Waals surface area contributed by atoms with Crippen LogP contribution >= 0.6 is 23.7 Å². The van der Waals surface area contributed by atoms with Crippen LogP contribution in [0.15, 0.2) is 22.0 Å². The average molecular weight is 244 g/mol. The second-order valence-corrected chi connectivity index (χ2v) is 4.50. The van der Waals surface area contributed by atoms with Crippen molar-refractivity contribution in [3.05, 3.63) is 23.4 Å². The minimum Gasteiger partial charge on any atom is -0.337 e. The molecule has 0 atom stereocenters. The number of nitrogens with two attached hydrogens (primary N) is 1. The van der Waals surface area contributed by atoms with Gasteiger partial charge in [-0.05, 0) is 24.3 Å². The highest BCUT2D eigenvalue weighted by molar-refractivity contribution is 7.13. The van der Waals surface area contributed by atoms with Gasteiger partial charge < -0.3 is 10.3 Å². The van der Waals surface area contributed by atoms with Gasteiger partial charge in [0.2, 0.25) is 11.7 Å². The first-order chi connectivity index (χ1) is 6.78. The Morgan fingerprint density at radius 1 is 1.47 bits per heavy atom. The summed E-state index contributed by atoms with van der Waals surface area (Å²) in [7, 11) is 0. The molecular formula is C9H10ClN3OS. The summed E-state index contributed by atoms with van der Waals surface area (Å²) < 4.78 is 5.14. The number of aromatic nitrogens is 2. The lowest BCUT2D eigenvalue weighted by atomic mass is 10.3. The van der Waals surface area contributed by atoms with Crippen molar-refractivity contribution < 1.29 is 4.52 Å². The van der Waals surface area contributed by atoms with Crippen molar-refractivity contribution in [3.63, 3.8) is 0 Å². The molecule has 0 bridgehead atoms. The van der Waals surface area contributed by atoms with Crippen LogP contribution in [0.2, 0.25) is 0 Å². The molecule has 1 aliphatic carbocycles. The molecule has 0 aromatic carbocycles. The Morgan fingerprint density at radius 3 is 2.87 bits per heavy atom. The van der Waals surface area contributed by atoms with Crippen LogP contribution in [-0.4, -0.2) is 10.1 Å². The number of hydrogen-bond donors (Lipinski definition) is 1. The van der Waals surface area contributed by atoms with E-state index in [1.807, 2.05) is 17.5 Å². The van der Waals surface area contributed by atoms with Crippen LogP contribution in [0.4, 0.5) is 0 Å². The summed E-state index contributed by atoms with van der Waals surface area (Å²) in [5, 5.41) is 5.90. The molecule has 3 rings (SSSR count). The smallest absolute Gasteiger partial charge is 0.247 e. The Bertz CT molecular complexity index is 450. The maximum absolute atomic E-state index is 5.94. The van der Waals surface area contributed by atoms with Gasteiger partial charge >= 0.3 is 0 Å². The highest BCUT2D eigenvalue weighted by Gasteiger charge is 2.45. The monoisotopic (exact) mass is 243 g/mol. The molecule has 0 saturated heterocycles. The Kier molecular flexibility index (Phi) is 2.54. The molecule has 80 valence electrons. The number of rotatable bonds is 2. The van der Waals surface area contributed by atoms with Crippen molar-refractivity contribution in [1.82, 2.24) is 10.1 Å². The van der Waals surface area contributed by atoms with Crippen LogP contribution in [0, 0.1) is 0 Å². The zero-order valence-corrected chi connectivity index (χ0v) is 9.48. The van der Waals surface area contributed by atoms with Gasteiger partial charge in [-0.1, -0.05) is 11.2 Å². The SMILES string of the molecule is Cl.NC1(c2nc(-c3cccs3)no2)CC1. The first-order valence-electron chi connectivity index (χ1n) is 4.45. The molecule has 2 heterocycles. The van der Waals surface area contributed by atoms with E-state index in [9.17, 15) is 0 Å². The second kappa shape index (κ2) is 3.59. The topological polar surface area (TPSA) is 64.9 Å². The van der Waals surface area contributed by atoms with Crippen LogP contribution in [0.1, 0.15) is 18.7 Å². The fourth-order valence-electron chi connectivity index (χ4n) is 1.28. The van der Waals surface area contributed by atoms with Gasteiger partial charge in [-0.25, -0.2) is 0 Å². The largest absolute Gasteiger partial charge is 0.337 e. The minimum absolute atomic E-state index is 0. The van der Waals surface area contributed by atoms with Crippen molar-refractivity contribution >= 4 is 23.7 Å². The fourth-order valence-corrected chi connectivity index (χ4v) is 1.93. The maximum Gasteiger partial charge on any atom is 0.247 e. The lowest BCUT2D eigenvalue weighted by Gasteiger charge is -1.97. The van der Waals surface area contributed by atoms with Crippen molar-refractivity contribution in [2.75, 3.05) is 0 Å². The highest BCUT2D eigenvalue weighted by atomic mass is 35.5. The van der Waals surface area contributed by atoms with Gasteiger partial charge in [-0.3, -0.25) is 0 Å². The second-order valence-electron chi connectivity index (χ2n) is 3.56. The normalized spacial score (nSPS) is 17.1. The molecule has 1 aliphatic rings. The van der Waals surface area contributed by atoms with E-state index < -0.39 is 0 Å². The van der Waals surface area contributed by atoms with E-state index in [-0.39, 0.29) is 17.9 Å². The standard InChI is InChI=1S/C9H9N3OS.ClH/c10-9(3-4-9)8-11-7(12-13-8)6-2-1-5-14-6;/h1-2,5H,3-4,10H2;1H. The molecule has 0 amide bonds. The molecule has 0 radical (unpaired) electrons.